The second kappa shape index (κ2) is 5.69. The van der Waals surface area contributed by atoms with Gasteiger partial charge in [-0.3, -0.25) is 0 Å². The van der Waals surface area contributed by atoms with E-state index < -0.39 is 32.5 Å². The van der Waals surface area contributed by atoms with E-state index in [9.17, 15) is 13.2 Å². The van der Waals surface area contributed by atoms with Crippen LogP contribution in [0.4, 0.5) is 4.79 Å². The molecule has 0 radical (unpaired) electrons. The predicted molar refractivity (Wildman–Crippen MR) is 76.4 cm³/mol. The summed E-state index contributed by atoms with van der Waals surface area (Å²) in [4.78, 5) is 13.5. The molecule has 1 aliphatic heterocycles. The topological polar surface area (TPSA) is 72.9 Å². The summed E-state index contributed by atoms with van der Waals surface area (Å²) in [5.41, 5.74) is -1.25. The first kappa shape index (κ1) is 17.5. The second-order valence-corrected chi connectivity index (χ2v) is 9.39. The normalized spacial score (nSPS) is 23.5. The Morgan fingerprint density at radius 2 is 2.00 bits per heavy atom. The van der Waals surface area contributed by atoms with Gasteiger partial charge in [0, 0.05) is 10.7 Å². The molecule has 0 aliphatic carbocycles. The third kappa shape index (κ3) is 6.28. The number of halogens is 1. The summed E-state index contributed by atoms with van der Waals surface area (Å²) in [6, 6.07) is 0. The summed E-state index contributed by atoms with van der Waals surface area (Å²) in [6.45, 7) is 9.38. The van der Waals surface area contributed by atoms with Crippen molar-refractivity contribution in [1.29, 1.82) is 0 Å². The smallest absolute Gasteiger partial charge is 0.410 e. The number of ether oxygens (including phenoxy) is 2. The van der Waals surface area contributed by atoms with Gasteiger partial charge in [0.05, 0.1) is 30.5 Å². The molecule has 8 heteroatoms. The monoisotopic (exact) mass is 327 g/mol. The fraction of sp³-hybridized carbons (Fsp3) is 0.917. The van der Waals surface area contributed by atoms with Crippen LogP contribution >= 0.6 is 10.7 Å². The van der Waals surface area contributed by atoms with Crippen LogP contribution in [0.2, 0.25) is 0 Å². The predicted octanol–water partition coefficient (Wildman–Crippen LogP) is 1.97. The molecule has 6 nitrogen and oxygen atoms in total. The van der Waals surface area contributed by atoms with E-state index in [0.29, 0.717) is 6.54 Å². The van der Waals surface area contributed by atoms with Gasteiger partial charge in [-0.25, -0.2) is 13.2 Å². The van der Waals surface area contributed by atoms with Crippen molar-refractivity contribution in [2.24, 2.45) is 0 Å². The maximum absolute atomic E-state index is 12.1. The molecule has 1 atom stereocenters. The molecular formula is C12H22ClNO5S. The molecule has 0 unspecified atom stereocenters. The Morgan fingerprint density at radius 3 is 2.45 bits per heavy atom. The van der Waals surface area contributed by atoms with Gasteiger partial charge in [0.1, 0.15) is 5.60 Å². The molecular weight excluding hydrogens is 306 g/mol. The molecule has 1 rings (SSSR count). The highest BCUT2D eigenvalue weighted by Gasteiger charge is 2.38. The zero-order valence-electron chi connectivity index (χ0n) is 12.5. The average molecular weight is 328 g/mol. The van der Waals surface area contributed by atoms with E-state index >= 15 is 0 Å². The van der Waals surface area contributed by atoms with Gasteiger partial charge in [-0.15, -0.1) is 0 Å². The van der Waals surface area contributed by atoms with Crippen molar-refractivity contribution >= 4 is 25.8 Å². The van der Waals surface area contributed by atoms with Crippen LogP contribution in [0.5, 0.6) is 0 Å². The van der Waals surface area contributed by atoms with Crippen molar-refractivity contribution in [3.05, 3.63) is 0 Å². The minimum atomic E-state index is -3.69. The number of rotatable bonds is 2. The van der Waals surface area contributed by atoms with Crippen molar-refractivity contribution in [2.75, 3.05) is 18.8 Å². The molecule has 0 N–H and O–H groups in total. The fourth-order valence-electron chi connectivity index (χ4n) is 2.07. The Hall–Kier alpha value is -0.530. The van der Waals surface area contributed by atoms with E-state index in [2.05, 4.69) is 0 Å². The van der Waals surface area contributed by atoms with E-state index in [1.165, 1.54) is 4.90 Å². The van der Waals surface area contributed by atoms with Crippen LogP contribution < -0.4 is 0 Å². The largest absolute Gasteiger partial charge is 0.444 e. The number of hydrogen-bond donors (Lipinski definition) is 0. The summed E-state index contributed by atoms with van der Waals surface area (Å²) in [6.07, 6.45) is -1.14. The van der Waals surface area contributed by atoms with Crippen molar-refractivity contribution in [1.82, 2.24) is 4.90 Å². The minimum Gasteiger partial charge on any atom is -0.444 e. The molecule has 0 saturated carbocycles. The van der Waals surface area contributed by atoms with E-state index in [1.807, 2.05) is 0 Å². The Kier molecular flexibility index (Phi) is 4.99. The van der Waals surface area contributed by atoms with Crippen LogP contribution in [-0.2, 0) is 18.5 Å². The first-order chi connectivity index (χ1) is 8.77. The lowest BCUT2D eigenvalue weighted by molar-refractivity contribution is -0.125. The highest BCUT2D eigenvalue weighted by molar-refractivity contribution is 8.13. The van der Waals surface area contributed by atoms with Crippen LogP contribution in [0.3, 0.4) is 0 Å². The number of nitrogens with zero attached hydrogens (tertiary/aromatic N) is 1. The van der Waals surface area contributed by atoms with Crippen molar-refractivity contribution in [2.45, 2.75) is 51.9 Å². The summed E-state index contributed by atoms with van der Waals surface area (Å²) in [5, 5.41) is 0. The molecule has 0 aromatic heterocycles. The van der Waals surface area contributed by atoms with E-state index in [-0.39, 0.29) is 12.3 Å². The molecule has 0 aromatic rings. The third-order valence-electron chi connectivity index (χ3n) is 2.52. The molecule has 1 amide bonds. The summed E-state index contributed by atoms with van der Waals surface area (Å²) < 4.78 is 33.3. The van der Waals surface area contributed by atoms with Gasteiger partial charge in [0.25, 0.3) is 0 Å². The SMILES string of the molecule is CC(C)(C)OC(=O)N1C[C@@H](CS(=O)(=O)Cl)OC(C)(C)C1. The van der Waals surface area contributed by atoms with Crippen LogP contribution in [-0.4, -0.2) is 55.6 Å². The van der Waals surface area contributed by atoms with Gasteiger partial charge in [-0.2, -0.15) is 0 Å². The lowest BCUT2D eigenvalue weighted by Crippen LogP contribution is -2.56. The molecule has 0 bridgehead atoms. The highest BCUT2D eigenvalue weighted by atomic mass is 35.7. The van der Waals surface area contributed by atoms with Gasteiger partial charge in [0.15, 0.2) is 0 Å². The Balaban J connectivity index is 2.80. The summed E-state index contributed by atoms with van der Waals surface area (Å²) in [7, 11) is 1.56. The lowest BCUT2D eigenvalue weighted by Gasteiger charge is -2.42. The molecule has 1 fully saturated rings. The van der Waals surface area contributed by atoms with Crippen molar-refractivity contribution < 1.29 is 22.7 Å². The maximum atomic E-state index is 12.1. The van der Waals surface area contributed by atoms with Crippen molar-refractivity contribution in [3.63, 3.8) is 0 Å². The number of carbonyl (C=O) groups excluding carboxylic acids is 1. The maximum Gasteiger partial charge on any atom is 0.410 e. The van der Waals surface area contributed by atoms with E-state index in [0.717, 1.165) is 0 Å². The Bertz CT molecular complexity index is 469. The average Bonchev–Trinajstić information content (AvgIpc) is 2.08. The molecule has 1 aliphatic rings. The fourth-order valence-corrected chi connectivity index (χ4v) is 3.11. The summed E-state index contributed by atoms with van der Waals surface area (Å²) >= 11 is 0. The number of carbonyl (C=O) groups is 1. The highest BCUT2D eigenvalue weighted by Crippen LogP contribution is 2.24. The van der Waals surface area contributed by atoms with Gasteiger partial charge >= 0.3 is 6.09 Å². The van der Waals surface area contributed by atoms with Crippen LogP contribution in [0.1, 0.15) is 34.6 Å². The van der Waals surface area contributed by atoms with Crippen molar-refractivity contribution in [3.8, 4) is 0 Å². The van der Waals surface area contributed by atoms with Gasteiger partial charge in [-0.1, -0.05) is 0 Å². The van der Waals surface area contributed by atoms with E-state index in [4.69, 9.17) is 20.2 Å². The number of morpholine rings is 1. The quantitative estimate of drug-likeness (QED) is 0.725. The van der Waals surface area contributed by atoms with E-state index in [1.54, 1.807) is 34.6 Å². The first-order valence-corrected chi connectivity index (χ1v) is 8.83. The van der Waals surface area contributed by atoms with Gasteiger partial charge in [0.2, 0.25) is 9.05 Å². The molecule has 0 spiro atoms. The van der Waals surface area contributed by atoms with Crippen LogP contribution in [0, 0.1) is 0 Å². The van der Waals surface area contributed by atoms with Gasteiger partial charge in [-0.05, 0) is 34.6 Å². The van der Waals surface area contributed by atoms with Crippen LogP contribution in [0.15, 0.2) is 0 Å². The standard InChI is InChI=1S/C12H22ClNO5S/c1-11(2,3)19-10(15)14-6-9(7-20(13,16)17)18-12(4,5)8-14/h9H,6-8H2,1-5H3/t9-/m0/s1. The molecule has 1 saturated heterocycles. The Labute approximate surface area is 124 Å². The van der Waals surface area contributed by atoms with Crippen LogP contribution in [0.25, 0.3) is 0 Å². The number of amides is 1. The lowest BCUT2D eigenvalue weighted by atomic mass is 10.1. The zero-order chi connectivity index (χ0) is 15.8. The molecule has 118 valence electrons. The zero-order valence-corrected chi connectivity index (χ0v) is 14.0. The minimum absolute atomic E-state index is 0.143. The molecule has 20 heavy (non-hydrogen) atoms. The Morgan fingerprint density at radius 1 is 1.45 bits per heavy atom. The first-order valence-electron chi connectivity index (χ1n) is 6.35. The number of hydrogen-bond acceptors (Lipinski definition) is 5. The third-order valence-corrected chi connectivity index (χ3v) is 3.67. The van der Waals surface area contributed by atoms with Gasteiger partial charge < -0.3 is 14.4 Å². The summed E-state index contributed by atoms with van der Waals surface area (Å²) in [5.74, 6) is -0.336. The second-order valence-electron chi connectivity index (χ2n) is 6.57. The molecule has 1 heterocycles. The molecule has 0 aromatic carbocycles.